The Labute approximate surface area is 214 Å². The molecule has 1 saturated heterocycles. The molecule has 1 aliphatic heterocycles. The van der Waals surface area contributed by atoms with Crippen molar-refractivity contribution in [1.29, 1.82) is 0 Å². The van der Waals surface area contributed by atoms with E-state index in [0.29, 0.717) is 29.9 Å². The van der Waals surface area contributed by atoms with Gasteiger partial charge in [0, 0.05) is 37.3 Å². The summed E-state index contributed by atoms with van der Waals surface area (Å²) < 4.78 is 13.0. The smallest absolute Gasteiger partial charge is 0.293 e. The standard InChI is InChI=1S/C25H31ClN6O4/c1-14(2)32-20-7-6-18(8-17(20)9-21(24(32)34)35-13-22(33)27-5)29-23-19(26)10-28-25(30-23)31-11-15(3)36-16(4)12-31/h6-10,14-16H,11-13H2,1-5H3,(H,27,33)(H,28,29,30). The van der Waals surface area contributed by atoms with Gasteiger partial charge in [-0.3, -0.25) is 9.59 Å². The molecule has 0 bridgehead atoms. The van der Waals surface area contributed by atoms with Gasteiger partial charge in [0.1, 0.15) is 5.02 Å². The Kier molecular flexibility index (Phi) is 7.65. The molecule has 10 nitrogen and oxygen atoms in total. The van der Waals surface area contributed by atoms with Crippen molar-refractivity contribution < 1.29 is 14.3 Å². The Bertz CT molecular complexity index is 1320. The first kappa shape index (κ1) is 25.7. The Morgan fingerprint density at radius 1 is 1.25 bits per heavy atom. The minimum Gasteiger partial charge on any atom is -0.478 e. The lowest BCUT2D eigenvalue weighted by Crippen LogP contribution is -2.46. The summed E-state index contributed by atoms with van der Waals surface area (Å²) in [6.07, 6.45) is 1.73. The second kappa shape index (κ2) is 10.7. The zero-order valence-corrected chi connectivity index (χ0v) is 21.8. The van der Waals surface area contributed by atoms with E-state index in [9.17, 15) is 9.59 Å². The second-order valence-corrected chi connectivity index (χ2v) is 9.57. The third-order valence-electron chi connectivity index (χ3n) is 5.85. The molecule has 4 rings (SSSR count). The first-order valence-corrected chi connectivity index (χ1v) is 12.3. The van der Waals surface area contributed by atoms with Gasteiger partial charge in [-0.05, 0) is 52.0 Å². The van der Waals surface area contributed by atoms with Crippen molar-refractivity contribution in [2.24, 2.45) is 0 Å². The molecular formula is C25H31ClN6O4. The van der Waals surface area contributed by atoms with Crippen LogP contribution in [0.25, 0.3) is 10.9 Å². The molecule has 1 amide bonds. The third-order valence-corrected chi connectivity index (χ3v) is 6.13. The molecule has 0 radical (unpaired) electrons. The zero-order chi connectivity index (χ0) is 26.0. The van der Waals surface area contributed by atoms with E-state index in [2.05, 4.69) is 25.5 Å². The highest BCUT2D eigenvalue weighted by atomic mass is 35.5. The number of ether oxygens (including phenoxy) is 2. The summed E-state index contributed by atoms with van der Waals surface area (Å²) >= 11 is 6.42. The van der Waals surface area contributed by atoms with Crippen LogP contribution in [-0.2, 0) is 9.53 Å². The lowest BCUT2D eigenvalue weighted by atomic mass is 10.1. The molecule has 2 unspecified atom stereocenters. The summed E-state index contributed by atoms with van der Waals surface area (Å²) in [4.78, 5) is 35.8. The van der Waals surface area contributed by atoms with Crippen LogP contribution in [0.5, 0.6) is 5.75 Å². The van der Waals surface area contributed by atoms with Crippen LogP contribution in [-0.4, -0.2) is 59.4 Å². The first-order valence-electron chi connectivity index (χ1n) is 11.9. The number of pyridine rings is 1. The Morgan fingerprint density at radius 3 is 2.64 bits per heavy atom. The molecule has 36 heavy (non-hydrogen) atoms. The summed E-state index contributed by atoms with van der Waals surface area (Å²) in [5.74, 6) is 0.832. The van der Waals surface area contributed by atoms with Crippen molar-refractivity contribution in [3.05, 3.63) is 45.8 Å². The molecular weight excluding hydrogens is 484 g/mol. The third kappa shape index (κ3) is 5.55. The van der Waals surface area contributed by atoms with E-state index in [-0.39, 0.29) is 42.1 Å². The highest BCUT2D eigenvalue weighted by Gasteiger charge is 2.24. The fourth-order valence-corrected chi connectivity index (χ4v) is 4.44. The Morgan fingerprint density at radius 2 is 1.97 bits per heavy atom. The molecule has 0 saturated carbocycles. The predicted molar refractivity (Wildman–Crippen MR) is 141 cm³/mol. The largest absolute Gasteiger partial charge is 0.478 e. The van der Waals surface area contributed by atoms with E-state index in [1.54, 1.807) is 16.8 Å². The molecule has 192 valence electrons. The number of morpholine rings is 1. The average molecular weight is 515 g/mol. The SMILES string of the molecule is CNC(=O)COc1cc2cc(Nc3nc(N4CC(C)OC(C)C4)ncc3Cl)ccc2n(C(C)C)c1=O. The maximum Gasteiger partial charge on any atom is 0.293 e. The molecule has 1 aromatic carbocycles. The van der Waals surface area contributed by atoms with E-state index in [1.807, 2.05) is 45.9 Å². The quantitative estimate of drug-likeness (QED) is 0.493. The minimum absolute atomic E-state index is 0.0725. The van der Waals surface area contributed by atoms with Crippen LogP contribution in [0.2, 0.25) is 5.02 Å². The predicted octanol–water partition coefficient (Wildman–Crippen LogP) is 3.51. The van der Waals surface area contributed by atoms with Crippen molar-refractivity contribution >= 4 is 45.9 Å². The van der Waals surface area contributed by atoms with Crippen molar-refractivity contribution in [1.82, 2.24) is 19.9 Å². The lowest BCUT2D eigenvalue weighted by Gasteiger charge is -2.35. The van der Waals surface area contributed by atoms with Crippen molar-refractivity contribution in [2.45, 2.75) is 45.9 Å². The monoisotopic (exact) mass is 514 g/mol. The van der Waals surface area contributed by atoms with Gasteiger partial charge in [-0.25, -0.2) is 4.98 Å². The number of hydrogen-bond donors (Lipinski definition) is 2. The minimum atomic E-state index is -0.320. The highest BCUT2D eigenvalue weighted by Crippen LogP contribution is 2.29. The number of halogens is 1. The number of nitrogens with one attached hydrogen (secondary N) is 2. The van der Waals surface area contributed by atoms with E-state index < -0.39 is 0 Å². The van der Waals surface area contributed by atoms with Crippen molar-refractivity contribution in [3.63, 3.8) is 0 Å². The molecule has 1 aliphatic rings. The van der Waals surface area contributed by atoms with Crippen LogP contribution in [0.15, 0.2) is 35.3 Å². The fraction of sp³-hybridized carbons (Fsp3) is 0.440. The summed E-state index contributed by atoms with van der Waals surface area (Å²) in [5, 5.41) is 6.91. The number of anilines is 3. The maximum atomic E-state index is 13.0. The number of likely N-dealkylation sites (N-methyl/N-ethyl adjacent to an activating group) is 1. The van der Waals surface area contributed by atoms with Gasteiger partial charge < -0.3 is 29.6 Å². The highest BCUT2D eigenvalue weighted by molar-refractivity contribution is 6.32. The number of carbonyl (C=O) groups excluding carboxylic acids is 1. The van der Waals surface area contributed by atoms with Gasteiger partial charge in [0.15, 0.2) is 18.2 Å². The fourth-order valence-electron chi connectivity index (χ4n) is 4.31. The van der Waals surface area contributed by atoms with Gasteiger partial charge in [0.2, 0.25) is 5.95 Å². The van der Waals surface area contributed by atoms with Gasteiger partial charge in [-0.2, -0.15) is 4.98 Å². The van der Waals surface area contributed by atoms with Crippen LogP contribution in [0.1, 0.15) is 33.7 Å². The van der Waals surface area contributed by atoms with Crippen LogP contribution < -0.4 is 25.8 Å². The summed E-state index contributed by atoms with van der Waals surface area (Å²) in [6, 6.07) is 7.15. The van der Waals surface area contributed by atoms with Crippen molar-refractivity contribution in [2.75, 3.05) is 37.0 Å². The molecule has 3 aromatic rings. The van der Waals surface area contributed by atoms with Crippen LogP contribution in [0.3, 0.4) is 0 Å². The average Bonchev–Trinajstić information content (AvgIpc) is 2.83. The van der Waals surface area contributed by atoms with E-state index in [0.717, 1.165) is 16.6 Å². The van der Waals surface area contributed by atoms with E-state index in [1.165, 1.54) is 7.05 Å². The van der Waals surface area contributed by atoms with Gasteiger partial charge in [0.25, 0.3) is 11.5 Å². The number of nitrogens with zero attached hydrogens (tertiary/aromatic N) is 4. The molecule has 11 heteroatoms. The number of amides is 1. The molecule has 0 spiro atoms. The number of hydrogen-bond acceptors (Lipinski definition) is 8. The molecule has 2 atom stereocenters. The van der Waals surface area contributed by atoms with Gasteiger partial charge in [0.05, 0.1) is 23.9 Å². The number of fused-ring (bicyclic) bond motifs is 1. The molecule has 3 heterocycles. The Balaban J connectivity index is 1.67. The first-order chi connectivity index (χ1) is 17.2. The maximum absolute atomic E-state index is 13.0. The number of aromatic nitrogens is 3. The summed E-state index contributed by atoms with van der Waals surface area (Å²) in [6.45, 7) is 9.02. The molecule has 0 aliphatic carbocycles. The van der Waals surface area contributed by atoms with Gasteiger partial charge >= 0.3 is 0 Å². The van der Waals surface area contributed by atoms with Crippen LogP contribution in [0.4, 0.5) is 17.5 Å². The zero-order valence-electron chi connectivity index (χ0n) is 21.0. The lowest BCUT2D eigenvalue weighted by molar-refractivity contribution is -0.122. The van der Waals surface area contributed by atoms with Crippen LogP contribution in [0, 0.1) is 0 Å². The summed E-state index contributed by atoms with van der Waals surface area (Å²) in [5.41, 5.74) is 1.18. The topological polar surface area (TPSA) is 111 Å². The van der Waals surface area contributed by atoms with E-state index >= 15 is 0 Å². The molecule has 2 aromatic heterocycles. The second-order valence-electron chi connectivity index (χ2n) is 9.17. The van der Waals surface area contributed by atoms with E-state index in [4.69, 9.17) is 21.1 Å². The van der Waals surface area contributed by atoms with Crippen LogP contribution >= 0.6 is 11.6 Å². The van der Waals surface area contributed by atoms with Gasteiger partial charge in [-0.15, -0.1) is 0 Å². The number of carbonyl (C=O) groups is 1. The van der Waals surface area contributed by atoms with Crippen molar-refractivity contribution in [3.8, 4) is 5.75 Å². The summed E-state index contributed by atoms with van der Waals surface area (Å²) in [7, 11) is 1.51. The molecule has 2 N–H and O–H groups in total. The molecule has 1 fully saturated rings. The number of benzene rings is 1. The van der Waals surface area contributed by atoms with Gasteiger partial charge in [-0.1, -0.05) is 11.6 Å². The normalized spacial score (nSPS) is 17.9. The number of rotatable bonds is 7. The Hall–Kier alpha value is -3.37.